The van der Waals surface area contributed by atoms with E-state index in [1.165, 1.54) is 23.3 Å². The first-order chi connectivity index (χ1) is 9.63. The Labute approximate surface area is 124 Å². The molecule has 0 unspecified atom stereocenters. The molecule has 0 spiro atoms. The van der Waals surface area contributed by atoms with E-state index in [4.69, 9.17) is 4.74 Å². The molecule has 5 heteroatoms. The highest BCUT2D eigenvalue weighted by molar-refractivity contribution is 7.13. The van der Waals surface area contributed by atoms with Crippen molar-refractivity contribution in [1.29, 1.82) is 0 Å². The Bertz CT molecular complexity index is 438. The molecule has 0 aliphatic heterocycles. The summed E-state index contributed by atoms with van der Waals surface area (Å²) in [5.41, 5.74) is 0. The SMILES string of the molecule is COC(=O)c1ccc(CN(C)C2CCC(CO)CC2)s1. The third-order valence-corrected chi connectivity index (χ3v) is 5.20. The average molecular weight is 297 g/mol. The number of esters is 1. The molecule has 1 aliphatic carbocycles. The number of aliphatic hydroxyl groups excluding tert-OH is 1. The van der Waals surface area contributed by atoms with E-state index in [1.807, 2.05) is 12.1 Å². The van der Waals surface area contributed by atoms with Crippen LogP contribution in [0.25, 0.3) is 0 Å². The van der Waals surface area contributed by atoms with Gasteiger partial charge in [0.1, 0.15) is 4.88 Å². The van der Waals surface area contributed by atoms with Crippen molar-refractivity contribution >= 4 is 17.3 Å². The van der Waals surface area contributed by atoms with E-state index in [0.717, 1.165) is 32.2 Å². The van der Waals surface area contributed by atoms with Crippen LogP contribution in [-0.4, -0.2) is 42.8 Å². The molecule has 0 bridgehead atoms. The number of hydrogen-bond acceptors (Lipinski definition) is 5. The molecule has 1 aromatic rings. The first-order valence-electron chi connectivity index (χ1n) is 7.12. The van der Waals surface area contributed by atoms with Crippen LogP contribution >= 0.6 is 11.3 Å². The van der Waals surface area contributed by atoms with Crippen molar-refractivity contribution < 1.29 is 14.6 Å². The third kappa shape index (κ3) is 3.81. The number of hydrogen-bond donors (Lipinski definition) is 1. The van der Waals surface area contributed by atoms with Crippen LogP contribution in [0.1, 0.15) is 40.2 Å². The molecule has 1 aliphatic rings. The van der Waals surface area contributed by atoms with Crippen LogP contribution in [0.5, 0.6) is 0 Å². The van der Waals surface area contributed by atoms with Gasteiger partial charge in [-0.05, 0) is 50.8 Å². The molecular formula is C15H23NO3S. The molecule has 0 amide bonds. The molecule has 1 N–H and O–H groups in total. The number of rotatable bonds is 5. The van der Waals surface area contributed by atoms with Crippen molar-refractivity contribution in [2.75, 3.05) is 20.8 Å². The monoisotopic (exact) mass is 297 g/mol. The first kappa shape index (κ1) is 15.5. The highest BCUT2D eigenvalue weighted by atomic mass is 32.1. The summed E-state index contributed by atoms with van der Waals surface area (Å²) in [4.78, 5) is 15.7. The number of thiophene rings is 1. The van der Waals surface area contributed by atoms with Crippen molar-refractivity contribution in [3.63, 3.8) is 0 Å². The molecule has 0 atom stereocenters. The van der Waals surface area contributed by atoms with Gasteiger partial charge in [-0.2, -0.15) is 0 Å². The molecule has 1 saturated carbocycles. The predicted molar refractivity (Wildman–Crippen MR) is 80.0 cm³/mol. The summed E-state index contributed by atoms with van der Waals surface area (Å²) in [5, 5.41) is 9.17. The molecule has 2 rings (SSSR count). The van der Waals surface area contributed by atoms with E-state index < -0.39 is 0 Å². The fraction of sp³-hybridized carbons (Fsp3) is 0.667. The molecule has 0 aromatic carbocycles. The van der Waals surface area contributed by atoms with E-state index in [1.54, 1.807) is 0 Å². The standard InChI is InChI=1S/C15H23NO3S/c1-16(12-5-3-11(10-17)4-6-12)9-13-7-8-14(20-13)15(18)19-2/h7-8,11-12,17H,3-6,9-10H2,1-2H3. The quantitative estimate of drug-likeness (QED) is 0.849. The number of nitrogens with zero attached hydrogens (tertiary/aromatic N) is 1. The van der Waals surface area contributed by atoms with Crippen molar-refractivity contribution in [2.24, 2.45) is 5.92 Å². The minimum absolute atomic E-state index is 0.257. The molecule has 0 saturated heterocycles. The van der Waals surface area contributed by atoms with Crippen molar-refractivity contribution in [1.82, 2.24) is 4.90 Å². The van der Waals surface area contributed by atoms with Crippen molar-refractivity contribution in [2.45, 2.75) is 38.3 Å². The highest BCUT2D eigenvalue weighted by Gasteiger charge is 2.23. The lowest BCUT2D eigenvalue weighted by atomic mass is 9.86. The van der Waals surface area contributed by atoms with E-state index in [2.05, 4.69) is 11.9 Å². The van der Waals surface area contributed by atoms with E-state index >= 15 is 0 Å². The number of aliphatic hydroxyl groups is 1. The maximum Gasteiger partial charge on any atom is 0.348 e. The van der Waals surface area contributed by atoms with Crippen LogP contribution in [0.2, 0.25) is 0 Å². The zero-order chi connectivity index (χ0) is 14.5. The normalized spacial score (nSPS) is 23.0. The lowest BCUT2D eigenvalue weighted by Crippen LogP contribution is -2.35. The Morgan fingerprint density at radius 2 is 2.10 bits per heavy atom. The van der Waals surface area contributed by atoms with Gasteiger partial charge in [0.15, 0.2) is 0 Å². The molecule has 4 nitrogen and oxygen atoms in total. The average Bonchev–Trinajstić information content (AvgIpc) is 2.95. The second kappa shape index (κ2) is 7.20. The van der Waals surface area contributed by atoms with E-state index in [9.17, 15) is 9.90 Å². The second-order valence-corrected chi connectivity index (χ2v) is 6.70. The Kier molecular flexibility index (Phi) is 5.57. The Morgan fingerprint density at radius 3 is 2.70 bits per heavy atom. The predicted octanol–water partition coefficient (Wildman–Crippen LogP) is 2.52. The summed E-state index contributed by atoms with van der Waals surface area (Å²) < 4.78 is 4.73. The summed E-state index contributed by atoms with van der Waals surface area (Å²) in [7, 11) is 3.55. The molecule has 1 fully saturated rings. The van der Waals surface area contributed by atoms with Gasteiger partial charge in [0.25, 0.3) is 0 Å². The molecule has 20 heavy (non-hydrogen) atoms. The fourth-order valence-corrected chi connectivity index (χ4v) is 3.81. The Balaban J connectivity index is 1.86. The van der Waals surface area contributed by atoms with Crippen molar-refractivity contribution in [3.05, 3.63) is 21.9 Å². The van der Waals surface area contributed by atoms with Gasteiger partial charge in [0.2, 0.25) is 0 Å². The van der Waals surface area contributed by atoms with Crippen LogP contribution in [0.4, 0.5) is 0 Å². The van der Waals surface area contributed by atoms with Gasteiger partial charge in [-0.15, -0.1) is 11.3 Å². The molecule has 1 aromatic heterocycles. The largest absolute Gasteiger partial charge is 0.465 e. The van der Waals surface area contributed by atoms with Crippen LogP contribution in [-0.2, 0) is 11.3 Å². The summed E-state index contributed by atoms with van der Waals surface area (Å²) in [6.07, 6.45) is 4.53. The number of carbonyl (C=O) groups is 1. The van der Waals surface area contributed by atoms with Crippen LogP contribution in [0, 0.1) is 5.92 Å². The lowest BCUT2D eigenvalue weighted by molar-refractivity contribution is 0.0606. The van der Waals surface area contributed by atoms with Gasteiger partial charge in [0, 0.05) is 24.1 Å². The maximum absolute atomic E-state index is 11.4. The van der Waals surface area contributed by atoms with Crippen LogP contribution in [0.3, 0.4) is 0 Å². The van der Waals surface area contributed by atoms with Crippen molar-refractivity contribution in [3.8, 4) is 0 Å². The van der Waals surface area contributed by atoms with E-state index in [-0.39, 0.29) is 5.97 Å². The Hall–Kier alpha value is -0.910. The summed E-state index contributed by atoms with van der Waals surface area (Å²) in [6.45, 7) is 1.19. The van der Waals surface area contributed by atoms with Gasteiger partial charge >= 0.3 is 5.97 Å². The van der Waals surface area contributed by atoms with Crippen LogP contribution in [0.15, 0.2) is 12.1 Å². The summed E-state index contributed by atoms with van der Waals surface area (Å²) in [6, 6.07) is 4.43. The number of ether oxygens (including phenoxy) is 1. The fourth-order valence-electron chi connectivity index (χ4n) is 2.82. The van der Waals surface area contributed by atoms with Crippen LogP contribution < -0.4 is 0 Å². The molecular weight excluding hydrogens is 274 g/mol. The maximum atomic E-state index is 11.4. The smallest absolute Gasteiger partial charge is 0.348 e. The molecule has 1 heterocycles. The van der Waals surface area contributed by atoms with Gasteiger partial charge < -0.3 is 9.84 Å². The van der Waals surface area contributed by atoms with Gasteiger partial charge in [-0.1, -0.05) is 0 Å². The summed E-state index contributed by atoms with van der Waals surface area (Å²) >= 11 is 1.51. The first-order valence-corrected chi connectivity index (χ1v) is 7.93. The minimum atomic E-state index is -0.257. The van der Waals surface area contributed by atoms with Gasteiger partial charge in [0.05, 0.1) is 7.11 Å². The minimum Gasteiger partial charge on any atom is -0.465 e. The topological polar surface area (TPSA) is 49.8 Å². The second-order valence-electron chi connectivity index (χ2n) is 5.53. The number of methoxy groups -OCH3 is 1. The Morgan fingerprint density at radius 1 is 1.40 bits per heavy atom. The molecule has 0 radical (unpaired) electrons. The van der Waals surface area contributed by atoms with Gasteiger partial charge in [-0.3, -0.25) is 4.90 Å². The highest BCUT2D eigenvalue weighted by Crippen LogP contribution is 2.28. The lowest BCUT2D eigenvalue weighted by Gasteiger charge is -2.33. The van der Waals surface area contributed by atoms with Gasteiger partial charge in [-0.25, -0.2) is 4.79 Å². The van der Waals surface area contributed by atoms with E-state index in [0.29, 0.717) is 23.4 Å². The summed E-state index contributed by atoms with van der Waals surface area (Å²) in [5.74, 6) is 0.236. The number of carbonyl (C=O) groups excluding carboxylic acids is 1. The molecule has 112 valence electrons. The third-order valence-electron chi connectivity index (χ3n) is 4.15. The zero-order valence-corrected chi connectivity index (χ0v) is 13.0. The zero-order valence-electron chi connectivity index (χ0n) is 12.2.